The zero-order chi connectivity index (χ0) is 31.3. The molecule has 0 atom stereocenters. The summed E-state index contributed by atoms with van der Waals surface area (Å²) in [6, 6.07) is 43.6. The average molecular weight is 600 g/mol. The van der Waals surface area contributed by atoms with E-state index in [9.17, 15) is 0 Å². The lowest BCUT2D eigenvalue weighted by atomic mass is 9.79. The van der Waals surface area contributed by atoms with E-state index in [0.717, 1.165) is 41.7 Å². The van der Waals surface area contributed by atoms with E-state index in [4.69, 9.17) is 9.40 Å². The lowest BCUT2D eigenvalue weighted by Gasteiger charge is -2.42. The largest absolute Gasteiger partial charge is 0.440 e. The molecule has 4 nitrogen and oxygen atoms in total. The van der Waals surface area contributed by atoms with E-state index in [1.165, 1.54) is 44.5 Å². The molecule has 226 valence electrons. The summed E-state index contributed by atoms with van der Waals surface area (Å²) in [6.45, 7) is 8.02. The van der Waals surface area contributed by atoms with Gasteiger partial charge in [-0.2, -0.15) is 0 Å². The first-order valence-electron chi connectivity index (χ1n) is 16.1. The van der Waals surface area contributed by atoms with Gasteiger partial charge in [-0.05, 0) is 59.7 Å². The molecule has 1 aliphatic heterocycles. The van der Waals surface area contributed by atoms with Gasteiger partial charge in [-0.3, -0.25) is 0 Å². The molecule has 2 heterocycles. The molecule has 6 aromatic rings. The van der Waals surface area contributed by atoms with E-state index in [2.05, 4.69) is 158 Å². The van der Waals surface area contributed by atoms with E-state index in [0.29, 0.717) is 6.42 Å². The molecule has 46 heavy (non-hydrogen) atoms. The van der Waals surface area contributed by atoms with Gasteiger partial charge in [0, 0.05) is 36.5 Å². The molecule has 8 rings (SSSR count). The molecular weight excluding hydrogens is 562 g/mol. The molecule has 1 aliphatic carbocycles. The predicted octanol–water partition coefficient (Wildman–Crippen LogP) is 9.50. The molecule has 0 radical (unpaired) electrons. The van der Waals surface area contributed by atoms with Gasteiger partial charge < -0.3 is 14.2 Å². The second-order valence-corrected chi connectivity index (χ2v) is 12.6. The van der Waals surface area contributed by atoms with Gasteiger partial charge in [0.1, 0.15) is 11.2 Å². The lowest BCUT2D eigenvalue weighted by Crippen LogP contribution is -2.45. The molecule has 0 fully saturated rings. The first kappa shape index (κ1) is 28.1. The Labute approximate surface area is 271 Å². The van der Waals surface area contributed by atoms with Crippen molar-refractivity contribution < 1.29 is 4.42 Å². The van der Waals surface area contributed by atoms with Crippen molar-refractivity contribution in [2.24, 2.45) is 0 Å². The van der Waals surface area contributed by atoms with Gasteiger partial charge in [0.25, 0.3) is 0 Å². The molecule has 0 spiro atoms. The van der Waals surface area contributed by atoms with Crippen molar-refractivity contribution >= 4 is 0 Å². The van der Waals surface area contributed by atoms with Crippen LogP contribution >= 0.6 is 0 Å². The fourth-order valence-electron chi connectivity index (χ4n) is 7.72. The van der Waals surface area contributed by atoms with Crippen molar-refractivity contribution in [1.82, 2.24) is 14.8 Å². The topological polar surface area (TPSA) is 32.5 Å². The van der Waals surface area contributed by atoms with Crippen molar-refractivity contribution in [3.8, 4) is 33.7 Å². The smallest absolute Gasteiger partial charge is 0.197 e. The third-order valence-electron chi connectivity index (χ3n) is 9.57. The predicted molar refractivity (Wildman–Crippen MR) is 186 cm³/mol. The number of hydrogen-bond donors (Lipinski definition) is 0. The Morgan fingerprint density at radius 2 is 1.28 bits per heavy atom. The summed E-state index contributed by atoms with van der Waals surface area (Å²) in [4.78, 5) is 9.99. The summed E-state index contributed by atoms with van der Waals surface area (Å²) in [5.74, 6) is 1.62. The number of hydrogen-bond acceptors (Lipinski definition) is 4. The maximum absolute atomic E-state index is 6.65. The maximum atomic E-state index is 6.65. The van der Waals surface area contributed by atoms with E-state index < -0.39 is 5.54 Å². The van der Waals surface area contributed by atoms with Crippen LogP contribution in [0.3, 0.4) is 0 Å². The van der Waals surface area contributed by atoms with Gasteiger partial charge >= 0.3 is 0 Å². The van der Waals surface area contributed by atoms with Crippen molar-refractivity contribution in [2.45, 2.75) is 32.7 Å². The maximum Gasteiger partial charge on any atom is 0.197 e. The van der Waals surface area contributed by atoms with Crippen LogP contribution in [0.4, 0.5) is 0 Å². The first-order chi connectivity index (χ1) is 22.5. The summed E-state index contributed by atoms with van der Waals surface area (Å²) in [7, 11) is 0. The van der Waals surface area contributed by atoms with Crippen molar-refractivity contribution in [1.29, 1.82) is 0 Å². The number of oxazole rings is 1. The monoisotopic (exact) mass is 599 g/mol. The minimum atomic E-state index is -0.420. The van der Waals surface area contributed by atoms with Gasteiger partial charge in [0.15, 0.2) is 11.7 Å². The van der Waals surface area contributed by atoms with Gasteiger partial charge in [-0.1, -0.05) is 127 Å². The Balaban J connectivity index is 1.12. The normalized spacial score (nSPS) is 14.5. The van der Waals surface area contributed by atoms with E-state index in [-0.39, 0.29) is 0 Å². The molecule has 0 bridgehead atoms. The molecule has 0 N–H and O–H groups in total. The number of rotatable bonds is 7. The lowest BCUT2D eigenvalue weighted by molar-refractivity contribution is 0.182. The van der Waals surface area contributed by atoms with Crippen molar-refractivity contribution in [2.75, 3.05) is 13.2 Å². The van der Waals surface area contributed by atoms with Crippen LogP contribution < -0.4 is 0 Å². The van der Waals surface area contributed by atoms with Crippen LogP contribution in [0.1, 0.15) is 39.3 Å². The van der Waals surface area contributed by atoms with Crippen LogP contribution in [-0.4, -0.2) is 28.0 Å². The minimum Gasteiger partial charge on any atom is -0.440 e. The Morgan fingerprint density at radius 1 is 0.696 bits per heavy atom. The fourth-order valence-corrected chi connectivity index (χ4v) is 7.72. The summed E-state index contributed by atoms with van der Waals surface area (Å²) in [5, 5.41) is 0. The molecular formula is C42H37N3O. The second-order valence-electron chi connectivity index (χ2n) is 12.6. The van der Waals surface area contributed by atoms with Crippen LogP contribution in [0.25, 0.3) is 33.7 Å². The van der Waals surface area contributed by atoms with Crippen LogP contribution in [-0.2, 0) is 12.0 Å². The highest BCUT2D eigenvalue weighted by molar-refractivity contribution is 5.83. The molecule has 2 aliphatic rings. The Morgan fingerprint density at radius 3 is 1.93 bits per heavy atom. The van der Waals surface area contributed by atoms with Gasteiger partial charge in [0.2, 0.25) is 0 Å². The highest BCUT2D eigenvalue weighted by atomic mass is 16.4. The Hall–Kier alpha value is -5.35. The number of fused-ring (bicyclic) bond motifs is 3. The van der Waals surface area contributed by atoms with Crippen LogP contribution in [0, 0.1) is 20.8 Å². The summed E-state index contributed by atoms with van der Waals surface area (Å²) >= 11 is 0. The first-order valence-corrected chi connectivity index (χ1v) is 16.1. The molecule has 0 saturated carbocycles. The summed E-state index contributed by atoms with van der Waals surface area (Å²) in [6.07, 6.45) is 5.19. The zero-order valence-corrected chi connectivity index (χ0v) is 26.6. The summed E-state index contributed by atoms with van der Waals surface area (Å²) < 4.78 is 6.65. The average Bonchev–Trinajstić information content (AvgIpc) is 3.80. The van der Waals surface area contributed by atoms with Crippen LogP contribution in [0.15, 0.2) is 138 Å². The molecule has 4 heteroatoms. The van der Waals surface area contributed by atoms with E-state index in [1.807, 2.05) is 6.07 Å². The number of aryl methyl sites for hydroxylation is 3. The third-order valence-corrected chi connectivity index (χ3v) is 9.57. The highest BCUT2D eigenvalue weighted by Crippen LogP contribution is 2.55. The van der Waals surface area contributed by atoms with Gasteiger partial charge in [-0.25, -0.2) is 4.98 Å². The quantitative estimate of drug-likeness (QED) is 0.183. The minimum absolute atomic E-state index is 0.420. The standard InChI is InChI=1S/C42H37N3O/c1-29-26-30(2)39(31(3)27-29)41-40(32-14-6-4-7-15-32)43-38(46-41)22-23-44-24-25-45(28-44)42(33-16-8-5-9-17-33)36-20-12-10-18-34(36)35-19-11-13-21-37(35)42/h4-21,24-27H,22-23,28H2,1-3H3. The molecule has 0 amide bonds. The zero-order valence-electron chi connectivity index (χ0n) is 26.6. The highest BCUT2D eigenvalue weighted by Gasteiger charge is 2.49. The van der Waals surface area contributed by atoms with Crippen LogP contribution in [0.2, 0.25) is 0 Å². The van der Waals surface area contributed by atoms with Crippen molar-refractivity contribution in [3.05, 3.63) is 173 Å². The molecule has 5 aromatic carbocycles. The van der Waals surface area contributed by atoms with Crippen LogP contribution in [0.5, 0.6) is 0 Å². The van der Waals surface area contributed by atoms with Crippen molar-refractivity contribution in [3.63, 3.8) is 0 Å². The Kier molecular flexibility index (Phi) is 6.87. The number of benzene rings is 5. The SMILES string of the molecule is Cc1cc(C)c(-c2oc(CCN3C=CN(C4(c5ccccc5)c5ccccc5-c5ccccc54)C3)nc2-c2ccccc2)c(C)c1. The molecule has 1 aromatic heterocycles. The van der Waals surface area contributed by atoms with E-state index in [1.54, 1.807) is 0 Å². The summed E-state index contributed by atoms with van der Waals surface area (Å²) in [5.41, 5.74) is 12.9. The third kappa shape index (κ3) is 4.47. The van der Waals surface area contributed by atoms with Gasteiger partial charge in [-0.15, -0.1) is 0 Å². The fraction of sp³-hybridized carbons (Fsp3) is 0.167. The number of nitrogens with zero attached hydrogens (tertiary/aromatic N) is 3. The molecule has 0 unspecified atom stereocenters. The molecule has 0 saturated heterocycles. The Bertz CT molecular complexity index is 2010. The van der Waals surface area contributed by atoms with Gasteiger partial charge in [0.05, 0.1) is 6.67 Å². The van der Waals surface area contributed by atoms with E-state index >= 15 is 0 Å². The number of aromatic nitrogens is 1. The second kappa shape index (κ2) is 11.2.